The molecule has 0 saturated carbocycles. The molecule has 2 rings (SSSR count). The van der Waals surface area contributed by atoms with E-state index in [1.807, 2.05) is 31.2 Å². The number of benzene rings is 2. The Bertz CT molecular complexity index is 655. The van der Waals surface area contributed by atoms with Crippen LogP contribution in [0.5, 0.6) is 11.5 Å². The summed E-state index contributed by atoms with van der Waals surface area (Å²) >= 11 is 0. The van der Waals surface area contributed by atoms with Gasteiger partial charge in [-0.15, -0.1) is 0 Å². The Hall–Kier alpha value is -2.56. The zero-order valence-electron chi connectivity index (χ0n) is 14.1. The highest BCUT2D eigenvalue weighted by molar-refractivity contribution is 5.81. The first-order valence-corrected chi connectivity index (χ1v) is 7.90. The molecule has 0 aliphatic heterocycles. The standard InChI is InChI=1S/C19H22FNO3/c1-4-18(14-5-9-16(23-3)10-6-14)21-19(22)13(2)24-17-11-7-15(20)8-12-17/h5-13,18H,4H2,1-3H3,(H,21,22). The minimum absolute atomic E-state index is 0.109. The molecule has 0 aromatic heterocycles. The summed E-state index contributed by atoms with van der Waals surface area (Å²) < 4.78 is 23.6. The topological polar surface area (TPSA) is 47.6 Å². The molecular formula is C19H22FNO3. The van der Waals surface area contributed by atoms with Crippen LogP contribution in [-0.2, 0) is 4.79 Å². The molecule has 24 heavy (non-hydrogen) atoms. The van der Waals surface area contributed by atoms with Gasteiger partial charge in [0.2, 0.25) is 0 Å². The van der Waals surface area contributed by atoms with Crippen LogP contribution in [0.25, 0.3) is 0 Å². The number of hydrogen-bond donors (Lipinski definition) is 1. The maximum atomic E-state index is 12.9. The smallest absolute Gasteiger partial charge is 0.261 e. The minimum Gasteiger partial charge on any atom is -0.497 e. The van der Waals surface area contributed by atoms with Gasteiger partial charge < -0.3 is 14.8 Å². The summed E-state index contributed by atoms with van der Waals surface area (Å²) in [4.78, 5) is 12.3. The summed E-state index contributed by atoms with van der Waals surface area (Å²) in [6.45, 7) is 3.67. The van der Waals surface area contributed by atoms with Gasteiger partial charge in [-0.1, -0.05) is 19.1 Å². The summed E-state index contributed by atoms with van der Waals surface area (Å²) in [5.41, 5.74) is 1.00. The highest BCUT2D eigenvalue weighted by Crippen LogP contribution is 2.20. The van der Waals surface area contributed by atoms with E-state index in [4.69, 9.17) is 9.47 Å². The molecule has 0 fully saturated rings. The lowest BCUT2D eigenvalue weighted by atomic mass is 10.0. The van der Waals surface area contributed by atoms with Gasteiger partial charge in [-0.25, -0.2) is 4.39 Å². The van der Waals surface area contributed by atoms with Crippen molar-refractivity contribution in [2.45, 2.75) is 32.4 Å². The van der Waals surface area contributed by atoms with Crippen molar-refractivity contribution in [2.75, 3.05) is 7.11 Å². The number of nitrogens with one attached hydrogen (secondary N) is 1. The molecule has 1 N–H and O–H groups in total. The van der Waals surface area contributed by atoms with Crippen molar-refractivity contribution < 1.29 is 18.7 Å². The Morgan fingerprint density at radius 1 is 1.08 bits per heavy atom. The summed E-state index contributed by atoms with van der Waals surface area (Å²) in [5, 5.41) is 2.97. The first kappa shape index (κ1) is 17.8. The van der Waals surface area contributed by atoms with Crippen LogP contribution in [-0.4, -0.2) is 19.1 Å². The number of carbonyl (C=O) groups is 1. The summed E-state index contributed by atoms with van der Waals surface area (Å²) in [5.74, 6) is 0.663. The van der Waals surface area contributed by atoms with E-state index in [1.54, 1.807) is 14.0 Å². The molecule has 1 amide bonds. The molecule has 128 valence electrons. The zero-order valence-corrected chi connectivity index (χ0v) is 14.1. The second kappa shape index (κ2) is 8.34. The highest BCUT2D eigenvalue weighted by Gasteiger charge is 2.19. The molecular weight excluding hydrogens is 309 g/mol. The molecule has 2 unspecified atom stereocenters. The molecule has 2 aromatic carbocycles. The molecule has 0 spiro atoms. The fraction of sp³-hybridized carbons (Fsp3) is 0.316. The van der Waals surface area contributed by atoms with Crippen LogP contribution in [0.2, 0.25) is 0 Å². The first-order valence-electron chi connectivity index (χ1n) is 7.90. The van der Waals surface area contributed by atoms with Gasteiger partial charge >= 0.3 is 0 Å². The van der Waals surface area contributed by atoms with Gasteiger partial charge in [0.25, 0.3) is 5.91 Å². The highest BCUT2D eigenvalue weighted by atomic mass is 19.1. The van der Waals surface area contributed by atoms with Gasteiger partial charge in [-0.05, 0) is 55.3 Å². The summed E-state index contributed by atoms with van der Waals surface area (Å²) in [7, 11) is 1.61. The minimum atomic E-state index is -0.678. The molecule has 0 bridgehead atoms. The lowest BCUT2D eigenvalue weighted by Gasteiger charge is -2.21. The second-order valence-corrected chi connectivity index (χ2v) is 5.46. The van der Waals surface area contributed by atoms with Crippen LogP contribution in [0, 0.1) is 5.82 Å². The van der Waals surface area contributed by atoms with E-state index < -0.39 is 6.10 Å². The van der Waals surface area contributed by atoms with E-state index in [1.165, 1.54) is 24.3 Å². The average Bonchev–Trinajstić information content (AvgIpc) is 2.61. The SMILES string of the molecule is CCC(NC(=O)C(C)Oc1ccc(F)cc1)c1ccc(OC)cc1. The largest absolute Gasteiger partial charge is 0.497 e. The van der Waals surface area contributed by atoms with Gasteiger partial charge in [0.15, 0.2) is 6.10 Å². The molecule has 2 atom stereocenters. The van der Waals surface area contributed by atoms with Gasteiger partial charge in [-0.3, -0.25) is 4.79 Å². The predicted octanol–water partition coefficient (Wildman–Crippen LogP) is 3.87. The first-order chi connectivity index (χ1) is 11.5. The molecule has 4 nitrogen and oxygen atoms in total. The van der Waals surface area contributed by atoms with Crippen LogP contribution in [0.1, 0.15) is 31.9 Å². The van der Waals surface area contributed by atoms with Crippen molar-refractivity contribution in [3.05, 3.63) is 59.9 Å². The van der Waals surface area contributed by atoms with Crippen molar-refractivity contribution in [1.29, 1.82) is 0 Å². The third-order valence-electron chi connectivity index (χ3n) is 3.74. The summed E-state index contributed by atoms with van der Waals surface area (Å²) in [6, 6.07) is 13.1. The number of carbonyl (C=O) groups excluding carboxylic acids is 1. The normalized spacial score (nSPS) is 13.0. The van der Waals surface area contributed by atoms with E-state index in [-0.39, 0.29) is 17.8 Å². The number of amides is 1. The van der Waals surface area contributed by atoms with E-state index in [0.29, 0.717) is 5.75 Å². The third-order valence-corrected chi connectivity index (χ3v) is 3.74. The van der Waals surface area contributed by atoms with Gasteiger partial charge in [0, 0.05) is 0 Å². The molecule has 2 aromatic rings. The number of methoxy groups -OCH3 is 1. The van der Waals surface area contributed by atoms with E-state index >= 15 is 0 Å². The molecule has 0 radical (unpaired) electrons. The monoisotopic (exact) mass is 331 g/mol. The van der Waals surface area contributed by atoms with Crippen LogP contribution < -0.4 is 14.8 Å². The van der Waals surface area contributed by atoms with Crippen molar-refractivity contribution in [3.63, 3.8) is 0 Å². The van der Waals surface area contributed by atoms with Crippen molar-refractivity contribution in [3.8, 4) is 11.5 Å². The van der Waals surface area contributed by atoms with Gasteiger partial charge in [0.1, 0.15) is 17.3 Å². The average molecular weight is 331 g/mol. The fourth-order valence-corrected chi connectivity index (χ4v) is 2.32. The Balaban J connectivity index is 1.98. The zero-order chi connectivity index (χ0) is 17.5. The Labute approximate surface area is 141 Å². The van der Waals surface area contributed by atoms with Crippen LogP contribution in [0.3, 0.4) is 0 Å². The fourth-order valence-electron chi connectivity index (χ4n) is 2.32. The maximum absolute atomic E-state index is 12.9. The summed E-state index contributed by atoms with van der Waals surface area (Å²) in [6.07, 6.45) is 0.0733. The Morgan fingerprint density at radius 3 is 2.21 bits per heavy atom. The molecule has 0 aliphatic carbocycles. The van der Waals surface area contributed by atoms with E-state index in [9.17, 15) is 9.18 Å². The van der Waals surface area contributed by atoms with Gasteiger partial charge in [-0.2, -0.15) is 0 Å². The maximum Gasteiger partial charge on any atom is 0.261 e. The second-order valence-electron chi connectivity index (χ2n) is 5.46. The third kappa shape index (κ3) is 4.72. The van der Waals surface area contributed by atoms with Crippen LogP contribution >= 0.6 is 0 Å². The number of rotatable bonds is 7. The molecule has 0 saturated heterocycles. The Kier molecular flexibility index (Phi) is 6.18. The van der Waals surface area contributed by atoms with Gasteiger partial charge in [0.05, 0.1) is 13.2 Å². The number of hydrogen-bond acceptors (Lipinski definition) is 3. The predicted molar refractivity (Wildman–Crippen MR) is 90.7 cm³/mol. The van der Waals surface area contributed by atoms with Crippen LogP contribution in [0.4, 0.5) is 4.39 Å². The van der Waals surface area contributed by atoms with Crippen molar-refractivity contribution in [2.24, 2.45) is 0 Å². The van der Waals surface area contributed by atoms with Crippen molar-refractivity contribution in [1.82, 2.24) is 5.32 Å². The molecule has 5 heteroatoms. The number of ether oxygens (including phenoxy) is 2. The lowest BCUT2D eigenvalue weighted by molar-refractivity contribution is -0.128. The van der Waals surface area contributed by atoms with Crippen molar-refractivity contribution >= 4 is 5.91 Å². The van der Waals surface area contributed by atoms with E-state index in [0.717, 1.165) is 17.7 Å². The van der Waals surface area contributed by atoms with E-state index in [2.05, 4.69) is 5.32 Å². The Morgan fingerprint density at radius 2 is 1.67 bits per heavy atom. The number of halogens is 1. The lowest BCUT2D eigenvalue weighted by Crippen LogP contribution is -2.38. The van der Waals surface area contributed by atoms with Crippen LogP contribution in [0.15, 0.2) is 48.5 Å². The molecule has 0 heterocycles. The molecule has 0 aliphatic rings. The quantitative estimate of drug-likeness (QED) is 0.838.